The number of hydrogen-bond acceptors (Lipinski definition) is 3. The van der Waals surface area contributed by atoms with Crippen molar-refractivity contribution in [2.75, 3.05) is 19.6 Å². The zero-order chi connectivity index (χ0) is 17.1. The second kappa shape index (κ2) is 7.32. The van der Waals surface area contributed by atoms with E-state index in [2.05, 4.69) is 53.8 Å². The van der Waals surface area contributed by atoms with Gasteiger partial charge in [-0.1, -0.05) is 34.6 Å². The van der Waals surface area contributed by atoms with Gasteiger partial charge in [0.25, 0.3) is 0 Å². The quantitative estimate of drug-likeness (QED) is 0.734. The maximum Gasteiger partial charge on any atom is 0.407 e. The molecule has 1 aliphatic rings. The maximum atomic E-state index is 11.3. The van der Waals surface area contributed by atoms with E-state index in [1.807, 2.05) is 0 Å². The number of hydrogen-bond donors (Lipinski definition) is 2. The topological polar surface area (TPSA) is 61.8 Å². The fourth-order valence-electron chi connectivity index (χ4n) is 2.92. The summed E-state index contributed by atoms with van der Waals surface area (Å²) in [5, 5.41) is 13.0. The Morgan fingerprint density at radius 3 is 2.36 bits per heavy atom. The van der Waals surface area contributed by atoms with Crippen LogP contribution < -0.4 is 5.32 Å². The van der Waals surface area contributed by atoms with E-state index in [4.69, 9.17) is 4.43 Å². The summed E-state index contributed by atoms with van der Waals surface area (Å²) < 4.78 is 6.33. The van der Waals surface area contributed by atoms with Crippen molar-refractivity contribution < 1.29 is 14.3 Å². The Hall–Kier alpha value is -0.593. The van der Waals surface area contributed by atoms with Gasteiger partial charge >= 0.3 is 6.09 Å². The van der Waals surface area contributed by atoms with Crippen LogP contribution >= 0.6 is 0 Å². The van der Waals surface area contributed by atoms with E-state index in [1.54, 1.807) is 4.90 Å². The summed E-state index contributed by atoms with van der Waals surface area (Å²) in [5.74, 6) is 0.548. The van der Waals surface area contributed by atoms with Crippen LogP contribution in [0.5, 0.6) is 0 Å². The highest BCUT2D eigenvalue weighted by atomic mass is 28.2. The molecule has 1 aliphatic heterocycles. The number of likely N-dealkylation sites (tertiary alicyclic amines) is 1. The van der Waals surface area contributed by atoms with E-state index in [1.165, 1.54) is 0 Å². The summed E-state index contributed by atoms with van der Waals surface area (Å²) in [5.41, 5.74) is -0.271. The zero-order valence-corrected chi connectivity index (χ0v) is 16.7. The molecule has 0 aliphatic carbocycles. The molecule has 0 unspecified atom stereocenters. The van der Waals surface area contributed by atoms with E-state index >= 15 is 0 Å². The van der Waals surface area contributed by atoms with Gasteiger partial charge in [0, 0.05) is 31.6 Å². The van der Waals surface area contributed by atoms with Crippen LogP contribution in [0.25, 0.3) is 0 Å². The smallest absolute Gasteiger partial charge is 0.407 e. The van der Waals surface area contributed by atoms with Crippen LogP contribution in [0.4, 0.5) is 4.79 Å². The molecule has 0 radical (unpaired) electrons. The minimum absolute atomic E-state index is 0.240. The van der Waals surface area contributed by atoms with Gasteiger partial charge in [0.2, 0.25) is 0 Å². The number of amides is 1. The van der Waals surface area contributed by atoms with E-state index in [9.17, 15) is 9.90 Å². The van der Waals surface area contributed by atoms with Gasteiger partial charge < -0.3 is 19.7 Å². The minimum Gasteiger partial charge on any atom is -0.465 e. The summed E-state index contributed by atoms with van der Waals surface area (Å²) in [6.07, 6.45) is -0.819. The monoisotopic (exact) mass is 330 g/mol. The highest BCUT2D eigenvalue weighted by Gasteiger charge is 2.44. The van der Waals surface area contributed by atoms with E-state index in [-0.39, 0.29) is 16.6 Å². The van der Waals surface area contributed by atoms with Crippen molar-refractivity contribution >= 4 is 15.9 Å². The number of nitrogens with one attached hydrogen (secondary N) is 1. The van der Waals surface area contributed by atoms with Crippen molar-refractivity contribution in [3.8, 4) is 0 Å². The lowest BCUT2D eigenvalue weighted by Gasteiger charge is -2.37. The molecular formula is C16H34N2O3Si. The number of rotatable bonds is 6. The Balaban J connectivity index is 2.78. The van der Waals surface area contributed by atoms with Crippen molar-refractivity contribution in [2.45, 2.75) is 65.1 Å². The molecule has 0 aromatic heterocycles. The molecule has 0 saturated carbocycles. The van der Waals surface area contributed by atoms with E-state index in [0.717, 1.165) is 6.54 Å². The Morgan fingerprint density at radius 2 is 1.91 bits per heavy atom. The van der Waals surface area contributed by atoms with Crippen LogP contribution in [-0.2, 0) is 4.43 Å². The number of nitrogens with zero attached hydrogens (tertiary/aromatic N) is 1. The molecular weight excluding hydrogens is 296 g/mol. The van der Waals surface area contributed by atoms with Gasteiger partial charge in [0.15, 0.2) is 9.76 Å². The predicted molar refractivity (Wildman–Crippen MR) is 93.1 cm³/mol. The molecule has 1 saturated heterocycles. The minimum atomic E-state index is -0.819. The molecule has 1 rings (SSSR count). The lowest BCUT2D eigenvalue weighted by atomic mass is 9.82. The van der Waals surface area contributed by atoms with E-state index < -0.39 is 15.9 Å². The van der Waals surface area contributed by atoms with Crippen LogP contribution in [0.15, 0.2) is 0 Å². The van der Waals surface area contributed by atoms with Gasteiger partial charge in [-0.3, -0.25) is 0 Å². The van der Waals surface area contributed by atoms with Crippen molar-refractivity contribution in [1.29, 1.82) is 0 Å². The first-order valence-corrected chi connectivity index (χ1v) is 9.56. The van der Waals surface area contributed by atoms with Crippen molar-refractivity contribution in [2.24, 2.45) is 11.8 Å². The summed E-state index contributed by atoms with van der Waals surface area (Å²) >= 11 is 0. The molecule has 0 spiro atoms. The molecule has 1 fully saturated rings. The summed E-state index contributed by atoms with van der Waals surface area (Å²) in [4.78, 5) is 12.9. The molecule has 6 heteroatoms. The average molecular weight is 331 g/mol. The lowest BCUT2D eigenvalue weighted by Crippen LogP contribution is -2.44. The first-order chi connectivity index (χ1) is 9.92. The van der Waals surface area contributed by atoms with Crippen LogP contribution in [0.2, 0.25) is 5.04 Å². The van der Waals surface area contributed by atoms with Gasteiger partial charge in [-0.25, -0.2) is 4.79 Å². The zero-order valence-electron chi connectivity index (χ0n) is 15.3. The first-order valence-electron chi connectivity index (χ1n) is 8.27. The molecule has 130 valence electrons. The summed E-state index contributed by atoms with van der Waals surface area (Å²) in [6, 6.07) is 0.410. The molecule has 5 nitrogen and oxygen atoms in total. The van der Waals surface area contributed by atoms with Gasteiger partial charge in [-0.15, -0.1) is 0 Å². The van der Waals surface area contributed by atoms with Crippen LogP contribution in [-0.4, -0.2) is 57.1 Å². The maximum absolute atomic E-state index is 11.3. The lowest BCUT2D eigenvalue weighted by molar-refractivity contribution is 0.0291. The van der Waals surface area contributed by atoms with Crippen LogP contribution in [0.3, 0.4) is 0 Å². The normalized spacial score (nSPS) is 23.9. The first kappa shape index (κ1) is 19.5. The fraction of sp³-hybridized carbons (Fsp3) is 0.938. The Morgan fingerprint density at radius 1 is 1.32 bits per heavy atom. The largest absolute Gasteiger partial charge is 0.465 e. The highest BCUT2D eigenvalue weighted by Crippen LogP contribution is 2.36. The van der Waals surface area contributed by atoms with Crippen molar-refractivity contribution in [1.82, 2.24) is 10.2 Å². The number of carboxylic acid groups (broad SMARTS) is 1. The highest BCUT2D eigenvalue weighted by molar-refractivity contribution is 6.31. The van der Waals surface area contributed by atoms with Crippen molar-refractivity contribution in [3.63, 3.8) is 0 Å². The molecule has 2 N–H and O–H groups in total. The summed E-state index contributed by atoms with van der Waals surface area (Å²) in [6.45, 7) is 17.2. The fourth-order valence-corrected chi connectivity index (χ4v) is 3.94. The molecule has 2 atom stereocenters. The third-order valence-electron chi connectivity index (χ3n) is 4.27. The second-order valence-electron chi connectivity index (χ2n) is 8.57. The van der Waals surface area contributed by atoms with Gasteiger partial charge in [-0.05, 0) is 24.8 Å². The van der Waals surface area contributed by atoms with Gasteiger partial charge in [0.1, 0.15) is 0 Å². The van der Waals surface area contributed by atoms with Gasteiger partial charge in [-0.2, -0.15) is 0 Å². The second-order valence-corrected chi connectivity index (χ2v) is 11.3. The SMILES string of the molecule is CC(C)NC[C@@H]1CN(C(=O)O)C[C@H]1C(C)(C)O[SiH2]C(C)(C)C. The Kier molecular flexibility index (Phi) is 6.47. The third kappa shape index (κ3) is 5.89. The van der Waals surface area contributed by atoms with Crippen molar-refractivity contribution in [3.05, 3.63) is 0 Å². The molecule has 1 heterocycles. The molecule has 22 heavy (non-hydrogen) atoms. The molecule has 1 amide bonds. The predicted octanol–water partition coefficient (Wildman–Crippen LogP) is 2.31. The third-order valence-corrected chi connectivity index (χ3v) is 6.02. The average Bonchev–Trinajstić information content (AvgIpc) is 2.78. The van der Waals surface area contributed by atoms with E-state index in [0.29, 0.717) is 25.0 Å². The van der Waals surface area contributed by atoms with Gasteiger partial charge in [0.05, 0.1) is 5.60 Å². The molecule has 0 bridgehead atoms. The molecule has 0 aromatic carbocycles. The standard InChI is InChI=1S/C16H34N2O3Si/c1-11(2)17-8-12-9-18(14(19)20)10-13(12)16(6,7)21-22-15(3,4)5/h11-13,17H,8-10,22H2,1-7H3,(H,19,20)/t12-,13-/m1/s1. The Labute approximate surface area is 137 Å². The number of carbonyl (C=O) groups is 1. The molecule has 0 aromatic rings. The summed E-state index contributed by atoms with van der Waals surface area (Å²) in [7, 11) is -0.663. The Bertz CT molecular complexity index is 380. The van der Waals surface area contributed by atoms with Crippen LogP contribution in [0.1, 0.15) is 48.5 Å². The van der Waals surface area contributed by atoms with Crippen LogP contribution in [0, 0.1) is 11.8 Å².